The molecule has 0 aliphatic carbocycles. The first-order valence-corrected chi connectivity index (χ1v) is 5.46. The number of carbonyl (C=O) groups is 1. The molecule has 1 heterocycles. The second kappa shape index (κ2) is 4.44. The number of imidazole rings is 1. The van der Waals surface area contributed by atoms with Gasteiger partial charge < -0.3 is 4.98 Å². The van der Waals surface area contributed by atoms with Crippen LogP contribution in [0.25, 0.3) is 11.0 Å². The molecule has 3 nitrogen and oxygen atoms in total. The van der Waals surface area contributed by atoms with Gasteiger partial charge in [0.1, 0.15) is 5.82 Å². The summed E-state index contributed by atoms with van der Waals surface area (Å²) in [7, 11) is 0. The van der Waals surface area contributed by atoms with Crippen molar-refractivity contribution in [3.05, 3.63) is 28.0 Å². The van der Waals surface area contributed by atoms with Crippen molar-refractivity contribution in [3.63, 3.8) is 0 Å². The molecular formula is C10H5Cl2F3N2O. The van der Waals surface area contributed by atoms with E-state index in [0.717, 1.165) is 0 Å². The van der Waals surface area contributed by atoms with E-state index in [0.29, 0.717) is 11.0 Å². The van der Waals surface area contributed by atoms with Crippen LogP contribution in [0, 0.1) is 0 Å². The summed E-state index contributed by atoms with van der Waals surface area (Å²) < 4.78 is 36.3. The second-order valence-electron chi connectivity index (χ2n) is 3.56. The lowest BCUT2D eigenvalue weighted by Gasteiger charge is -2.01. The number of rotatable bonds is 2. The number of fused-ring (bicyclic) bond motifs is 1. The largest absolute Gasteiger partial charge is 0.450 e. The molecule has 0 aliphatic rings. The molecule has 96 valence electrons. The first-order valence-electron chi connectivity index (χ1n) is 4.71. The van der Waals surface area contributed by atoms with Gasteiger partial charge in [-0.1, -0.05) is 23.2 Å². The fraction of sp³-hybridized carbons (Fsp3) is 0.200. The molecule has 0 radical (unpaired) electrons. The number of alkyl halides is 3. The Labute approximate surface area is 109 Å². The van der Waals surface area contributed by atoms with Gasteiger partial charge in [-0.25, -0.2) is 4.98 Å². The predicted octanol–water partition coefficient (Wildman–Crippen LogP) is 3.54. The number of benzene rings is 1. The highest BCUT2D eigenvalue weighted by Crippen LogP contribution is 2.27. The second-order valence-corrected chi connectivity index (χ2v) is 4.38. The minimum absolute atomic E-state index is 0.0781. The maximum Gasteiger partial charge on any atom is 0.450 e. The smallest absolute Gasteiger partial charge is 0.342 e. The average Bonchev–Trinajstić information content (AvgIpc) is 2.59. The Balaban J connectivity index is 2.34. The Morgan fingerprint density at radius 2 is 1.89 bits per heavy atom. The number of carbonyl (C=O) groups excluding carboxylic acids is 1. The predicted molar refractivity (Wildman–Crippen MR) is 60.9 cm³/mol. The lowest BCUT2D eigenvalue weighted by atomic mass is 10.3. The van der Waals surface area contributed by atoms with Gasteiger partial charge in [0.05, 0.1) is 27.5 Å². The van der Waals surface area contributed by atoms with Gasteiger partial charge in [-0.2, -0.15) is 13.2 Å². The summed E-state index contributed by atoms with van der Waals surface area (Å²) >= 11 is 11.5. The fourth-order valence-corrected chi connectivity index (χ4v) is 1.72. The van der Waals surface area contributed by atoms with Crippen molar-refractivity contribution >= 4 is 40.0 Å². The molecule has 0 aliphatic heterocycles. The highest BCUT2D eigenvalue weighted by atomic mass is 35.5. The SMILES string of the molecule is O=C(Cc1nc2cc(Cl)c(Cl)cc2[nH]1)C(F)(F)F. The summed E-state index contributed by atoms with van der Waals surface area (Å²) in [6, 6.07) is 2.85. The van der Waals surface area contributed by atoms with Crippen LogP contribution in [0.2, 0.25) is 10.0 Å². The quantitative estimate of drug-likeness (QED) is 0.921. The zero-order chi connectivity index (χ0) is 13.5. The molecule has 0 saturated heterocycles. The van der Waals surface area contributed by atoms with E-state index in [9.17, 15) is 18.0 Å². The van der Waals surface area contributed by atoms with Crippen LogP contribution in [0.15, 0.2) is 12.1 Å². The van der Waals surface area contributed by atoms with Crippen LogP contribution >= 0.6 is 23.2 Å². The van der Waals surface area contributed by atoms with Crippen LogP contribution in [0.1, 0.15) is 5.82 Å². The number of aromatic amines is 1. The van der Waals surface area contributed by atoms with E-state index in [4.69, 9.17) is 23.2 Å². The molecule has 0 spiro atoms. The van der Waals surface area contributed by atoms with Gasteiger partial charge in [-0.3, -0.25) is 4.79 Å². The Morgan fingerprint density at radius 1 is 1.28 bits per heavy atom. The number of halogens is 5. The van der Waals surface area contributed by atoms with E-state index in [1.807, 2.05) is 0 Å². The van der Waals surface area contributed by atoms with Crippen molar-refractivity contribution in [2.24, 2.45) is 0 Å². The fourth-order valence-electron chi connectivity index (χ4n) is 1.39. The molecule has 0 atom stereocenters. The first kappa shape index (κ1) is 13.2. The molecule has 2 rings (SSSR count). The maximum absolute atomic E-state index is 12.1. The molecule has 0 bridgehead atoms. The summed E-state index contributed by atoms with van der Waals surface area (Å²) in [5.41, 5.74) is 0.781. The van der Waals surface area contributed by atoms with Gasteiger partial charge in [-0.15, -0.1) is 0 Å². The molecule has 2 aromatic rings. The van der Waals surface area contributed by atoms with Crippen LogP contribution in [0.3, 0.4) is 0 Å². The van der Waals surface area contributed by atoms with Crippen molar-refractivity contribution in [1.82, 2.24) is 9.97 Å². The van der Waals surface area contributed by atoms with Crippen LogP contribution < -0.4 is 0 Å². The first-order chi connectivity index (χ1) is 8.27. The highest BCUT2D eigenvalue weighted by molar-refractivity contribution is 6.42. The standard InChI is InChI=1S/C10H5Cl2F3N2O/c11-4-1-6-7(2-5(4)12)17-9(16-6)3-8(18)10(13,14)15/h1-2H,3H2,(H,16,17). The lowest BCUT2D eigenvalue weighted by molar-refractivity contribution is -0.170. The average molecular weight is 297 g/mol. The molecule has 8 heteroatoms. The van der Waals surface area contributed by atoms with Crippen LogP contribution in [-0.4, -0.2) is 21.9 Å². The van der Waals surface area contributed by atoms with Crippen molar-refractivity contribution in [2.75, 3.05) is 0 Å². The Bertz CT molecular complexity index is 582. The van der Waals surface area contributed by atoms with Gasteiger partial charge in [-0.05, 0) is 12.1 Å². The Hall–Kier alpha value is -1.27. The summed E-state index contributed by atoms with van der Waals surface area (Å²) in [5.74, 6) is -1.94. The molecule has 0 amide bonds. The normalized spacial score (nSPS) is 12.1. The number of nitrogens with zero attached hydrogens (tertiary/aromatic N) is 1. The Morgan fingerprint density at radius 3 is 2.50 bits per heavy atom. The van der Waals surface area contributed by atoms with Crippen molar-refractivity contribution in [3.8, 4) is 0 Å². The van der Waals surface area contributed by atoms with Gasteiger partial charge >= 0.3 is 6.18 Å². The van der Waals surface area contributed by atoms with Crippen LogP contribution in [-0.2, 0) is 11.2 Å². The summed E-state index contributed by atoms with van der Waals surface area (Å²) in [4.78, 5) is 17.2. The minimum Gasteiger partial charge on any atom is -0.342 e. The van der Waals surface area contributed by atoms with Crippen molar-refractivity contribution in [2.45, 2.75) is 12.6 Å². The number of aromatic nitrogens is 2. The number of ketones is 1. The van der Waals surface area contributed by atoms with E-state index >= 15 is 0 Å². The van der Waals surface area contributed by atoms with Gasteiger partial charge in [0, 0.05) is 0 Å². The van der Waals surface area contributed by atoms with Crippen molar-refractivity contribution in [1.29, 1.82) is 0 Å². The third-order valence-corrected chi connectivity index (χ3v) is 2.94. The number of H-pyrrole nitrogens is 1. The zero-order valence-corrected chi connectivity index (χ0v) is 10.1. The van der Waals surface area contributed by atoms with Crippen LogP contribution in [0.4, 0.5) is 13.2 Å². The maximum atomic E-state index is 12.1. The molecule has 18 heavy (non-hydrogen) atoms. The number of hydrogen-bond donors (Lipinski definition) is 1. The van der Waals surface area contributed by atoms with Gasteiger partial charge in [0.25, 0.3) is 0 Å². The third-order valence-electron chi connectivity index (χ3n) is 2.22. The zero-order valence-electron chi connectivity index (χ0n) is 8.61. The van der Waals surface area contributed by atoms with E-state index in [1.165, 1.54) is 12.1 Å². The Kier molecular flexibility index (Phi) is 3.25. The summed E-state index contributed by atoms with van der Waals surface area (Å²) in [5, 5.41) is 0.492. The minimum atomic E-state index is -4.87. The third kappa shape index (κ3) is 2.59. The number of hydrogen-bond acceptors (Lipinski definition) is 2. The molecule has 1 aromatic heterocycles. The molecule has 0 unspecified atom stereocenters. The van der Waals surface area contributed by atoms with E-state index in [-0.39, 0.29) is 15.9 Å². The van der Waals surface area contributed by atoms with Crippen molar-refractivity contribution < 1.29 is 18.0 Å². The lowest BCUT2D eigenvalue weighted by Crippen LogP contribution is -2.24. The molecule has 1 N–H and O–H groups in total. The molecule has 0 fully saturated rings. The topological polar surface area (TPSA) is 45.8 Å². The van der Waals surface area contributed by atoms with Gasteiger partial charge in [0.15, 0.2) is 0 Å². The van der Waals surface area contributed by atoms with E-state index in [2.05, 4.69) is 9.97 Å². The molecular weight excluding hydrogens is 292 g/mol. The highest BCUT2D eigenvalue weighted by Gasteiger charge is 2.38. The van der Waals surface area contributed by atoms with Crippen LogP contribution in [0.5, 0.6) is 0 Å². The number of Topliss-reactive ketones (excluding diaryl/α,β-unsaturated/α-hetero) is 1. The van der Waals surface area contributed by atoms with Gasteiger partial charge in [0.2, 0.25) is 5.78 Å². The number of nitrogens with one attached hydrogen (secondary N) is 1. The summed E-state index contributed by atoms with van der Waals surface area (Å²) in [6.45, 7) is 0. The van der Waals surface area contributed by atoms with E-state index < -0.39 is 18.4 Å². The molecule has 1 aromatic carbocycles. The monoisotopic (exact) mass is 296 g/mol. The van der Waals surface area contributed by atoms with E-state index in [1.54, 1.807) is 0 Å². The summed E-state index contributed by atoms with van der Waals surface area (Å²) in [6.07, 6.45) is -5.71. The molecule has 0 saturated carbocycles.